The van der Waals surface area contributed by atoms with Crippen LogP contribution < -0.4 is 24.8 Å². The van der Waals surface area contributed by atoms with Crippen LogP contribution in [0.4, 0.5) is 0 Å². The molecular weight excluding hydrogens is 659 g/mol. The number of hydrogen-bond donors (Lipinski definition) is 0. The third kappa shape index (κ3) is 10.9. The van der Waals surface area contributed by atoms with E-state index in [0.717, 1.165) is 6.42 Å². The monoisotopic (exact) mass is 706 g/mol. The first-order valence-corrected chi connectivity index (χ1v) is 19.7. The average Bonchev–Trinajstić information content (AvgIpc) is 3.42. The Morgan fingerprint density at radius 1 is 0.837 bits per heavy atom. The Bertz CT molecular complexity index is 1380. The molecule has 230 valence electrons. The number of fused-ring (bicyclic) bond motifs is 3. The van der Waals surface area contributed by atoms with E-state index in [4.69, 9.17) is 0 Å². The second-order valence-electron chi connectivity index (χ2n) is 14.7. The maximum absolute atomic E-state index is 3.53. The summed E-state index contributed by atoms with van der Waals surface area (Å²) in [6, 6.07) is 25.5. The van der Waals surface area contributed by atoms with E-state index in [1.165, 1.54) is 72.0 Å². The molecule has 0 bridgehead atoms. The molecule has 0 aromatic heterocycles. The molecule has 3 aromatic carbocycles. The molecule has 43 heavy (non-hydrogen) atoms. The largest absolute Gasteiger partial charge is 1.00 e. The standard InChI is InChI=1S/C21H25.C10H17Si.C8H8.2ClH.Zr/c1-20(2,3)16-9-7-14-11-15-8-10-17(21(4,5)6)13-19(15)18(14)12-16;1-8-6-9(2)10(7-8)11(3,4)5;1-2-8-6-4-3-5-7-8;;;/h7,9-10,12-13H,11H2,1-6H3;7-8H,1-5H3;3-7H,1H3;2*1H;/q2*-1;;;;+2/p-2. The Kier molecular flexibility index (Phi) is 14.6. The first-order valence-electron chi connectivity index (χ1n) is 15.0. The molecule has 0 amide bonds. The van der Waals surface area contributed by atoms with Crippen molar-refractivity contribution >= 4 is 11.3 Å². The van der Waals surface area contributed by atoms with Crippen molar-refractivity contribution < 1.29 is 49.0 Å². The number of allylic oxidation sites excluding steroid dienone is 4. The Morgan fingerprint density at radius 3 is 1.81 bits per heavy atom. The normalized spacial score (nSPS) is 15.2. The molecule has 2 aliphatic rings. The van der Waals surface area contributed by atoms with E-state index in [0.29, 0.717) is 5.92 Å². The summed E-state index contributed by atoms with van der Waals surface area (Å²) in [5, 5.41) is 1.60. The van der Waals surface area contributed by atoms with Gasteiger partial charge in [-0.2, -0.15) is 35.4 Å². The Labute approximate surface area is 292 Å². The number of hydrogen-bond acceptors (Lipinski definition) is 0. The Balaban J connectivity index is 0.000000356. The maximum atomic E-state index is 3.53. The fourth-order valence-electron chi connectivity index (χ4n) is 5.32. The van der Waals surface area contributed by atoms with Crippen molar-refractivity contribution in [2.75, 3.05) is 0 Å². The minimum absolute atomic E-state index is 0. The van der Waals surface area contributed by atoms with Gasteiger partial charge >= 0.3 is 70.3 Å². The molecule has 0 heterocycles. The van der Waals surface area contributed by atoms with Gasteiger partial charge in [-0.3, -0.25) is 6.08 Å². The van der Waals surface area contributed by atoms with Gasteiger partial charge in [0.1, 0.15) is 0 Å². The molecule has 1 atom stereocenters. The molecule has 0 N–H and O–H groups in total. The van der Waals surface area contributed by atoms with Crippen LogP contribution in [-0.4, -0.2) is 11.3 Å². The van der Waals surface area contributed by atoms with Gasteiger partial charge in [-0.05, 0) is 25.5 Å². The van der Waals surface area contributed by atoms with E-state index >= 15 is 0 Å². The summed E-state index contributed by atoms with van der Waals surface area (Å²) in [6.07, 6.45) is 6.84. The fourth-order valence-corrected chi connectivity index (χ4v) is 7.68. The van der Waals surface area contributed by atoms with Crippen molar-refractivity contribution in [3.63, 3.8) is 0 Å². The summed E-state index contributed by atoms with van der Waals surface area (Å²) in [5.41, 5.74) is 11.5. The number of halogens is 2. The van der Waals surface area contributed by atoms with Crippen molar-refractivity contribution in [2.24, 2.45) is 5.92 Å². The van der Waals surface area contributed by atoms with Gasteiger partial charge in [-0.25, -0.2) is 10.8 Å². The Morgan fingerprint density at radius 2 is 1.40 bits per heavy atom. The number of rotatable bonds is 2. The maximum Gasteiger partial charge on any atom is -1.00 e. The predicted octanol–water partition coefficient (Wildman–Crippen LogP) is 4.62. The summed E-state index contributed by atoms with van der Waals surface area (Å²) in [5.74, 6) is 0.553. The summed E-state index contributed by atoms with van der Waals surface area (Å²) >= 11 is 1.51. The van der Waals surface area contributed by atoms with Gasteiger partial charge in [0.05, 0.1) is 0 Å². The van der Waals surface area contributed by atoms with E-state index in [2.05, 4.69) is 155 Å². The molecule has 0 radical (unpaired) electrons. The third-order valence-electron chi connectivity index (χ3n) is 7.81. The van der Waals surface area contributed by atoms with Crippen molar-refractivity contribution in [3.8, 4) is 11.1 Å². The van der Waals surface area contributed by atoms with Gasteiger partial charge in [-0.1, -0.05) is 116 Å². The topological polar surface area (TPSA) is 0 Å². The molecule has 1 unspecified atom stereocenters. The molecule has 0 fully saturated rings. The summed E-state index contributed by atoms with van der Waals surface area (Å²) in [6.45, 7) is 27.4. The van der Waals surface area contributed by atoms with Crippen LogP contribution >= 0.6 is 0 Å². The van der Waals surface area contributed by atoms with Crippen molar-refractivity contribution in [1.29, 1.82) is 0 Å². The molecule has 0 saturated carbocycles. The van der Waals surface area contributed by atoms with Crippen LogP contribution in [0.3, 0.4) is 0 Å². The Hall–Kier alpha value is -1.31. The third-order valence-corrected chi connectivity index (χ3v) is 10.7. The summed E-state index contributed by atoms with van der Waals surface area (Å²) in [4.78, 5) is 0. The zero-order valence-electron chi connectivity index (χ0n) is 28.4. The van der Waals surface area contributed by atoms with Gasteiger partial charge in [0.25, 0.3) is 0 Å². The molecule has 0 saturated heterocycles. The van der Waals surface area contributed by atoms with Crippen LogP contribution in [0, 0.1) is 18.1 Å². The van der Waals surface area contributed by atoms with Crippen LogP contribution in [-0.2, 0) is 41.5 Å². The van der Waals surface area contributed by atoms with Crippen LogP contribution in [0.25, 0.3) is 11.1 Å². The van der Waals surface area contributed by atoms with Crippen LogP contribution in [0.1, 0.15) is 90.1 Å². The molecule has 0 nitrogen and oxygen atoms in total. The van der Waals surface area contributed by atoms with Crippen LogP contribution in [0.2, 0.25) is 19.6 Å². The van der Waals surface area contributed by atoms with Gasteiger partial charge in [0, 0.05) is 0 Å². The molecule has 3 aromatic rings. The van der Waals surface area contributed by atoms with Gasteiger partial charge in [-0.15, -0.1) is 5.56 Å². The van der Waals surface area contributed by atoms with E-state index in [9.17, 15) is 0 Å². The van der Waals surface area contributed by atoms with Gasteiger partial charge in [0.2, 0.25) is 0 Å². The second kappa shape index (κ2) is 15.8. The average molecular weight is 709 g/mol. The quantitative estimate of drug-likeness (QED) is 0.211. The molecule has 5 rings (SSSR count). The summed E-state index contributed by atoms with van der Waals surface area (Å²) < 4.78 is 1.46. The van der Waals surface area contributed by atoms with Crippen LogP contribution in [0.5, 0.6) is 0 Å². The van der Waals surface area contributed by atoms with Crippen LogP contribution in [0.15, 0.2) is 77.5 Å². The molecule has 4 heteroatoms. The zero-order valence-corrected chi connectivity index (χ0v) is 33.4. The number of benzene rings is 3. The van der Waals surface area contributed by atoms with Gasteiger partial charge < -0.3 is 24.8 Å². The van der Waals surface area contributed by atoms with Gasteiger partial charge in [0.15, 0.2) is 0 Å². The minimum Gasteiger partial charge on any atom is -1.00 e. The molecule has 0 aliphatic heterocycles. The smallest absolute Gasteiger partial charge is 1.00 e. The van der Waals surface area contributed by atoms with E-state index in [1.807, 2.05) is 6.07 Å². The molecular formula is C39H50Cl2SiZr-2. The van der Waals surface area contributed by atoms with Crippen molar-refractivity contribution in [2.45, 2.75) is 99.2 Å². The van der Waals surface area contributed by atoms with E-state index in [-0.39, 0.29) is 35.6 Å². The van der Waals surface area contributed by atoms with Crippen molar-refractivity contribution in [3.05, 3.63) is 117 Å². The van der Waals surface area contributed by atoms with E-state index < -0.39 is 8.07 Å². The first kappa shape index (κ1) is 39.7. The minimum atomic E-state index is -1.07. The predicted molar refractivity (Wildman–Crippen MR) is 180 cm³/mol. The first-order chi connectivity index (χ1) is 18.9. The molecule has 0 spiro atoms. The second-order valence-corrected chi connectivity index (χ2v) is 21.6. The molecule has 2 aliphatic carbocycles. The fraction of sp³-hybridized carbons (Fsp3) is 0.410. The van der Waals surface area contributed by atoms with Crippen molar-refractivity contribution in [1.82, 2.24) is 0 Å². The van der Waals surface area contributed by atoms with E-state index in [1.54, 1.807) is 5.20 Å². The summed E-state index contributed by atoms with van der Waals surface area (Å²) in [7, 11) is -1.07. The zero-order chi connectivity index (χ0) is 30.8. The SMILES string of the molecule is CC(C)(C)c1c[c-]c2c(c1)-c1cc(C(C)(C)C)ccc1C2.CC1=[C-]C(C)C=C1[Si](C)(C)C.C[C](=[Zr+2])c1ccccc1.[Cl-].[Cl-].